The molecule has 0 spiro atoms. The molecule has 3 N–H and O–H groups in total. The Morgan fingerprint density at radius 2 is 0.566 bits per heavy atom. The van der Waals surface area contributed by atoms with Gasteiger partial charge in [0, 0.05) is 12.8 Å². The van der Waals surface area contributed by atoms with E-state index in [1.807, 2.05) is 0 Å². The number of aliphatic hydroxyl groups is 2. The molecule has 2 atom stereocenters. The number of nitrogens with one attached hydrogen (secondary N) is 1. The van der Waals surface area contributed by atoms with Crippen LogP contribution < -0.4 is 5.32 Å². The van der Waals surface area contributed by atoms with E-state index in [9.17, 15) is 19.8 Å². The Bertz CT molecular complexity index is 1260. The normalized spacial score (nSPS) is 12.5. The van der Waals surface area contributed by atoms with Crippen LogP contribution in [0.15, 0.2) is 12.2 Å². The molecule has 0 saturated carbocycles. The molecule has 0 aliphatic carbocycles. The topological polar surface area (TPSA) is 95.9 Å². The van der Waals surface area contributed by atoms with E-state index in [0.717, 1.165) is 44.9 Å². The van der Waals surface area contributed by atoms with Crippen LogP contribution in [0.2, 0.25) is 0 Å². The van der Waals surface area contributed by atoms with Gasteiger partial charge < -0.3 is 20.3 Å². The number of carbonyl (C=O) groups excluding carboxylic acids is 2. The molecule has 0 aromatic carbocycles. The molecule has 0 saturated heterocycles. The highest BCUT2D eigenvalue weighted by atomic mass is 16.5. The molecule has 0 heterocycles. The molecule has 83 heavy (non-hydrogen) atoms. The van der Waals surface area contributed by atoms with E-state index in [4.69, 9.17) is 4.74 Å². The lowest BCUT2D eigenvalue weighted by Gasteiger charge is -2.22. The highest BCUT2D eigenvalue weighted by molar-refractivity contribution is 5.76. The fourth-order valence-corrected chi connectivity index (χ4v) is 12.5. The summed E-state index contributed by atoms with van der Waals surface area (Å²) in [7, 11) is 0. The van der Waals surface area contributed by atoms with E-state index in [0.29, 0.717) is 25.9 Å². The Hall–Kier alpha value is -1.40. The van der Waals surface area contributed by atoms with Gasteiger partial charge in [0.1, 0.15) is 0 Å². The molecule has 0 bridgehead atoms. The summed E-state index contributed by atoms with van der Waals surface area (Å²) < 4.78 is 5.49. The lowest BCUT2D eigenvalue weighted by atomic mass is 10.0. The van der Waals surface area contributed by atoms with Crippen LogP contribution in [0, 0.1) is 0 Å². The van der Waals surface area contributed by atoms with Gasteiger partial charge in [0.15, 0.2) is 0 Å². The highest BCUT2D eigenvalue weighted by Gasteiger charge is 2.20. The van der Waals surface area contributed by atoms with Crippen LogP contribution in [0.4, 0.5) is 0 Å². The minimum absolute atomic E-state index is 0.0142. The molecule has 0 aromatic heterocycles. The number of hydrogen-bond donors (Lipinski definition) is 3. The predicted octanol–water partition coefficient (Wildman–Crippen LogP) is 25.1. The summed E-state index contributed by atoms with van der Waals surface area (Å²) in [6.07, 6.45) is 91.5. The zero-order chi connectivity index (χ0) is 59.9. The maximum absolute atomic E-state index is 12.5. The van der Waals surface area contributed by atoms with Crippen LogP contribution in [0.1, 0.15) is 444 Å². The molecule has 6 heteroatoms. The van der Waals surface area contributed by atoms with E-state index in [-0.39, 0.29) is 18.5 Å². The summed E-state index contributed by atoms with van der Waals surface area (Å²) in [6, 6.07) is -0.538. The van der Waals surface area contributed by atoms with Gasteiger partial charge >= 0.3 is 5.97 Å². The van der Waals surface area contributed by atoms with Crippen molar-refractivity contribution >= 4 is 11.9 Å². The van der Waals surface area contributed by atoms with E-state index in [2.05, 4.69) is 31.3 Å². The number of carbonyl (C=O) groups is 2. The van der Waals surface area contributed by atoms with Gasteiger partial charge in [0.2, 0.25) is 5.91 Å². The van der Waals surface area contributed by atoms with Crippen LogP contribution in [-0.2, 0) is 14.3 Å². The summed E-state index contributed by atoms with van der Waals surface area (Å²) in [5.41, 5.74) is 0. The molecular formula is C77H151NO5. The maximum atomic E-state index is 12.5. The number of esters is 1. The van der Waals surface area contributed by atoms with E-state index in [1.54, 1.807) is 0 Å². The quantitative estimate of drug-likeness (QED) is 0.0320. The number of hydrogen-bond acceptors (Lipinski definition) is 5. The zero-order valence-electron chi connectivity index (χ0n) is 56.7. The number of amides is 1. The summed E-state index contributed by atoms with van der Waals surface area (Å²) in [6.45, 7) is 4.99. The summed E-state index contributed by atoms with van der Waals surface area (Å²) in [5, 5.41) is 23.4. The van der Waals surface area contributed by atoms with Gasteiger partial charge in [-0.15, -0.1) is 0 Å². The Morgan fingerprint density at radius 1 is 0.325 bits per heavy atom. The first-order chi connectivity index (χ1) is 41.0. The highest BCUT2D eigenvalue weighted by Crippen LogP contribution is 2.20. The molecule has 1 amide bonds. The molecule has 6 nitrogen and oxygen atoms in total. The van der Waals surface area contributed by atoms with E-state index in [1.165, 1.54) is 366 Å². The van der Waals surface area contributed by atoms with Crippen molar-refractivity contribution in [1.29, 1.82) is 0 Å². The predicted molar refractivity (Wildman–Crippen MR) is 366 cm³/mol. The molecule has 0 aliphatic heterocycles. The van der Waals surface area contributed by atoms with Crippen molar-refractivity contribution in [1.82, 2.24) is 5.32 Å². The van der Waals surface area contributed by atoms with Crippen LogP contribution in [-0.4, -0.2) is 47.4 Å². The number of ether oxygens (including phenoxy) is 1. The Balaban J connectivity index is 3.31. The number of allylic oxidation sites excluding steroid dienone is 2. The number of rotatable bonds is 73. The monoisotopic (exact) mass is 1170 g/mol. The standard InChI is InChI=1S/C77H151NO5/c1-3-5-7-9-11-13-15-17-19-20-36-39-42-45-49-53-57-61-65-69-75(80)74(73-79)78-76(81)70-66-62-58-54-50-46-43-40-37-34-32-30-28-26-24-22-21-23-25-27-29-31-33-35-38-41-44-48-52-56-60-64-68-72-83-77(82)71-67-63-59-55-51-47-18-16-14-12-10-8-6-4-2/h16,18,74-75,79-80H,3-15,17,19-73H2,1-2H3,(H,78,81)/b18-16-. The number of unbranched alkanes of at least 4 members (excludes halogenated alkanes) is 60. The van der Waals surface area contributed by atoms with Gasteiger partial charge in [-0.2, -0.15) is 0 Å². The second-order valence-corrected chi connectivity index (χ2v) is 26.7. The zero-order valence-corrected chi connectivity index (χ0v) is 56.7. The Labute approximate surface area is 520 Å². The maximum Gasteiger partial charge on any atom is 0.305 e. The Kier molecular flexibility index (Phi) is 71.8. The summed E-state index contributed by atoms with van der Waals surface area (Å²) in [4.78, 5) is 24.6. The summed E-state index contributed by atoms with van der Waals surface area (Å²) in [5.74, 6) is -0.0109. The molecule has 0 aliphatic rings. The third-order valence-electron chi connectivity index (χ3n) is 18.3. The molecule has 0 aromatic rings. The van der Waals surface area contributed by atoms with Gasteiger partial charge in [-0.25, -0.2) is 0 Å². The van der Waals surface area contributed by atoms with Crippen molar-refractivity contribution < 1.29 is 24.5 Å². The molecule has 0 rings (SSSR count). The van der Waals surface area contributed by atoms with Gasteiger partial charge in [-0.1, -0.05) is 392 Å². The molecule has 0 radical (unpaired) electrons. The van der Waals surface area contributed by atoms with Gasteiger partial charge in [0.05, 0.1) is 25.4 Å². The van der Waals surface area contributed by atoms with Gasteiger partial charge in [0.25, 0.3) is 0 Å². The lowest BCUT2D eigenvalue weighted by molar-refractivity contribution is -0.143. The molecule has 494 valence electrons. The van der Waals surface area contributed by atoms with Crippen LogP contribution in [0.25, 0.3) is 0 Å². The minimum Gasteiger partial charge on any atom is -0.466 e. The van der Waals surface area contributed by atoms with Gasteiger partial charge in [-0.05, 0) is 51.4 Å². The third kappa shape index (κ3) is 69.6. The van der Waals surface area contributed by atoms with Crippen molar-refractivity contribution in [2.24, 2.45) is 0 Å². The summed E-state index contributed by atoms with van der Waals surface area (Å²) >= 11 is 0. The average molecular weight is 1170 g/mol. The third-order valence-corrected chi connectivity index (χ3v) is 18.3. The van der Waals surface area contributed by atoms with Crippen molar-refractivity contribution in [2.45, 2.75) is 456 Å². The first-order valence-electron chi connectivity index (χ1n) is 38.4. The second-order valence-electron chi connectivity index (χ2n) is 26.7. The molecule has 2 unspecified atom stereocenters. The van der Waals surface area contributed by atoms with Gasteiger partial charge in [-0.3, -0.25) is 9.59 Å². The number of aliphatic hydroxyl groups excluding tert-OH is 2. The fourth-order valence-electron chi connectivity index (χ4n) is 12.5. The van der Waals surface area contributed by atoms with E-state index >= 15 is 0 Å². The largest absolute Gasteiger partial charge is 0.466 e. The van der Waals surface area contributed by atoms with Crippen molar-refractivity contribution in [3.63, 3.8) is 0 Å². The van der Waals surface area contributed by atoms with Crippen LogP contribution >= 0.6 is 0 Å². The minimum atomic E-state index is -0.661. The first kappa shape index (κ1) is 81.6. The lowest BCUT2D eigenvalue weighted by Crippen LogP contribution is -2.45. The second kappa shape index (κ2) is 73.1. The first-order valence-corrected chi connectivity index (χ1v) is 38.4. The average Bonchev–Trinajstić information content (AvgIpc) is 3.48. The van der Waals surface area contributed by atoms with Crippen LogP contribution in [0.3, 0.4) is 0 Å². The molecule has 0 fully saturated rings. The van der Waals surface area contributed by atoms with Crippen molar-refractivity contribution in [3.05, 3.63) is 12.2 Å². The fraction of sp³-hybridized carbons (Fsp3) is 0.948. The SMILES string of the molecule is CCCCCCC/C=C\CCCCCCCC(=O)OCCCCCCCCCCCCCCCCCCCCCCCCCCCCCCCCCCCC(=O)NC(CO)C(O)CCCCCCCCCCCCCCCCCCCCC. The van der Waals surface area contributed by atoms with Crippen LogP contribution in [0.5, 0.6) is 0 Å². The van der Waals surface area contributed by atoms with Crippen molar-refractivity contribution in [3.8, 4) is 0 Å². The van der Waals surface area contributed by atoms with Crippen molar-refractivity contribution in [2.75, 3.05) is 13.2 Å². The smallest absolute Gasteiger partial charge is 0.305 e. The molecular weight excluding hydrogens is 1020 g/mol. The Morgan fingerprint density at radius 3 is 0.855 bits per heavy atom. The van der Waals surface area contributed by atoms with E-state index < -0.39 is 12.1 Å².